The van der Waals surface area contributed by atoms with Crippen LogP contribution in [0.4, 0.5) is 4.39 Å². The number of hydrogen-bond acceptors (Lipinski definition) is 2. The first-order valence-electron chi connectivity index (χ1n) is 5.94. The lowest BCUT2D eigenvalue weighted by atomic mass is 10.1. The van der Waals surface area contributed by atoms with E-state index >= 15 is 0 Å². The largest absolute Gasteiger partial charge is 0.227 e. The maximum Gasteiger partial charge on any atom is 0.161 e. The molecule has 100 valence electrons. The number of aryl methyl sites for hydroxylation is 1. The molecule has 5 heteroatoms. The number of halogens is 3. The summed E-state index contributed by atoms with van der Waals surface area (Å²) in [6.07, 6.45) is 0. The Morgan fingerprint density at radius 3 is 2.70 bits per heavy atom. The molecule has 0 amide bonds. The maximum absolute atomic E-state index is 13.3. The number of para-hydroxylation sites is 1. The molecule has 0 N–H and O–H groups in total. The van der Waals surface area contributed by atoms with Gasteiger partial charge in [-0.05, 0) is 58.7 Å². The van der Waals surface area contributed by atoms with Crippen molar-refractivity contribution >= 4 is 38.4 Å². The predicted molar refractivity (Wildman–Crippen MR) is 82.4 cm³/mol. The van der Waals surface area contributed by atoms with Gasteiger partial charge in [0.2, 0.25) is 0 Å². The molecule has 3 aromatic rings. The Labute approximate surface area is 128 Å². The second kappa shape index (κ2) is 5.11. The Morgan fingerprint density at radius 2 is 1.95 bits per heavy atom. The van der Waals surface area contributed by atoms with Crippen molar-refractivity contribution in [1.82, 2.24) is 9.97 Å². The van der Waals surface area contributed by atoms with E-state index in [1.165, 1.54) is 6.07 Å². The monoisotopic (exact) mass is 350 g/mol. The van der Waals surface area contributed by atoms with Gasteiger partial charge in [-0.15, -0.1) is 0 Å². The maximum atomic E-state index is 13.3. The van der Waals surface area contributed by atoms with E-state index in [9.17, 15) is 4.39 Å². The number of rotatable bonds is 1. The van der Waals surface area contributed by atoms with E-state index in [0.717, 1.165) is 20.9 Å². The van der Waals surface area contributed by atoms with Crippen LogP contribution in [0.2, 0.25) is 5.15 Å². The summed E-state index contributed by atoms with van der Waals surface area (Å²) >= 11 is 9.66. The summed E-state index contributed by atoms with van der Waals surface area (Å²) < 4.78 is 14.2. The molecule has 0 aliphatic rings. The standard InChI is InChI=1S/C15H9BrClFN2/c1-8-7-9(5-6-12(8)18)15-19-13-10(14(17)20-15)3-2-4-11(13)16/h2-7H,1H3. The van der Waals surface area contributed by atoms with Gasteiger partial charge in [0.15, 0.2) is 5.82 Å². The smallest absolute Gasteiger partial charge is 0.161 e. The Balaban J connectivity index is 2.26. The van der Waals surface area contributed by atoms with Gasteiger partial charge in [0.05, 0.1) is 5.52 Å². The number of aromatic nitrogens is 2. The highest BCUT2D eigenvalue weighted by Crippen LogP contribution is 2.29. The van der Waals surface area contributed by atoms with Crippen molar-refractivity contribution in [1.29, 1.82) is 0 Å². The first kappa shape index (κ1) is 13.5. The van der Waals surface area contributed by atoms with Gasteiger partial charge in [-0.1, -0.05) is 17.7 Å². The first-order chi connectivity index (χ1) is 9.56. The van der Waals surface area contributed by atoms with Gasteiger partial charge in [-0.3, -0.25) is 0 Å². The Bertz CT molecular complexity index is 820. The van der Waals surface area contributed by atoms with Crippen LogP contribution in [0.15, 0.2) is 40.9 Å². The minimum absolute atomic E-state index is 0.248. The molecule has 0 aliphatic heterocycles. The molecular formula is C15H9BrClFN2. The molecule has 1 aromatic heterocycles. The minimum Gasteiger partial charge on any atom is -0.227 e. The fourth-order valence-electron chi connectivity index (χ4n) is 1.99. The van der Waals surface area contributed by atoms with Crippen LogP contribution in [0.5, 0.6) is 0 Å². The summed E-state index contributed by atoms with van der Waals surface area (Å²) in [6, 6.07) is 10.4. The van der Waals surface area contributed by atoms with Crippen molar-refractivity contribution in [3.8, 4) is 11.4 Å². The van der Waals surface area contributed by atoms with E-state index in [0.29, 0.717) is 16.5 Å². The van der Waals surface area contributed by atoms with Crippen LogP contribution < -0.4 is 0 Å². The summed E-state index contributed by atoms with van der Waals surface area (Å²) in [5, 5.41) is 1.16. The van der Waals surface area contributed by atoms with Crippen LogP contribution in [-0.4, -0.2) is 9.97 Å². The Kier molecular flexibility index (Phi) is 3.44. The zero-order valence-electron chi connectivity index (χ0n) is 10.5. The Morgan fingerprint density at radius 1 is 1.15 bits per heavy atom. The molecule has 0 saturated heterocycles. The van der Waals surface area contributed by atoms with Crippen molar-refractivity contribution in [2.24, 2.45) is 0 Å². The summed E-state index contributed by atoms with van der Waals surface area (Å²) in [4.78, 5) is 8.81. The summed E-state index contributed by atoms with van der Waals surface area (Å²) in [6.45, 7) is 1.71. The van der Waals surface area contributed by atoms with Gasteiger partial charge in [-0.25, -0.2) is 14.4 Å². The molecule has 0 saturated carbocycles. The third-order valence-electron chi connectivity index (χ3n) is 3.05. The Hall–Kier alpha value is -1.52. The van der Waals surface area contributed by atoms with Crippen molar-refractivity contribution in [3.05, 3.63) is 57.4 Å². The molecule has 0 spiro atoms. The van der Waals surface area contributed by atoms with Crippen molar-refractivity contribution < 1.29 is 4.39 Å². The molecule has 3 rings (SSSR count). The summed E-state index contributed by atoms with van der Waals surface area (Å²) in [5.74, 6) is 0.235. The number of fused-ring (bicyclic) bond motifs is 1. The van der Waals surface area contributed by atoms with Gasteiger partial charge in [0.25, 0.3) is 0 Å². The zero-order valence-corrected chi connectivity index (χ0v) is 12.8. The topological polar surface area (TPSA) is 25.8 Å². The van der Waals surface area contributed by atoms with Gasteiger partial charge in [0, 0.05) is 15.4 Å². The molecule has 1 heterocycles. The average Bonchev–Trinajstić information content (AvgIpc) is 2.43. The molecule has 0 unspecified atom stereocenters. The van der Waals surface area contributed by atoms with E-state index < -0.39 is 0 Å². The lowest BCUT2D eigenvalue weighted by Gasteiger charge is -2.07. The van der Waals surface area contributed by atoms with Gasteiger partial charge in [0.1, 0.15) is 11.0 Å². The van der Waals surface area contributed by atoms with Crippen molar-refractivity contribution in [2.45, 2.75) is 6.92 Å². The highest BCUT2D eigenvalue weighted by atomic mass is 79.9. The molecule has 0 radical (unpaired) electrons. The number of benzene rings is 2. The fraction of sp³-hybridized carbons (Fsp3) is 0.0667. The van der Waals surface area contributed by atoms with Crippen LogP contribution in [0, 0.1) is 12.7 Å². The molecule has 2 nitrogen and oxygen atoms in total. The van der Waals surface area contributed by atoms with Crippen LogP contribution in [-0.2, 0) is 0 Å². The van der Waals surface area contributed by atoms with E-state index in [1.54, 1.807) is 19.1 Å². The van der Waals surface area contributed by atoms with Crippen molar-refractivity contribution in [2.75, 3.05) is 0 Å². The SMILES string of the molecule is Cc1cc(-c2nc(Cl)c3cccc(Br)c3n2)ccc1F. The highest BCUT2D eigenvalue weighted by Gasteiger charge is 2.11. The number of hydrogen-bond donors (Lipinski definition) is 0. The second-order valence-corrected chi connectivity index (χ2v) is 5.65. The molecule has 0 aliphatic carbocycles. The van der Waals surface area contributed by atoms with E-state index in [2.05, 4.69) is 25.9 Å². The molecule has 0 atom stereocenters. The molecule has 2 aromatic carbocycles. The summed E-state index contributed by atoms with van der Waals surface area (Å²) in [5.41, 5.74) is 2.03. The van der Waals surface area contributed by atoms with Gasteiger partial charge < -0.3 is 0 Å². The van der Waals surface area contributed by atoms with Crippen LogP contribution in [0.25, 0.3) is 22.3 Å². The molecule has 0 bridgehead atoms. The molecule has 0 fully saturated rings. The average molecular weight is 352 g/mol. The normalized spacial score (nSPS) is 11.0. The lowest BCUT2D eigenvalue weighted by molar-refractivity contribution is 0.618. The third kappa shape index (κ3) is 2.30. The van der Waals surface area contributed by atoms with E-state index in [4.69, 9.17) is 11.6 Å². The minimum atomic E-state index is -0.248. The summed E-state index contributed by atoms with van der Waals surface area (Å²) in [7, 11) is 0. The zero-order chi connectivity index (χ0) is 14.3. The van der Waals surface area contributed by atoms with Gasteiger partial charge >= 0.3 is 0 Å². The van der Waals surface area contributed by atoms with Crippen LogP contribution in [0.1, 0.15) is 5.56 Å². The predicted octanol–water partition coefficient (Wildman–Crippen LogP) is 5.16. The van der Waals surface area contributed by atoms with Crippen molar-refractivity contribution in [3.63, 3.8) is 0 Å². The second-order valence-electron chi connectivity index (χ2n) is 4.44. The van der Waals surface area contributed by atoms with E-state index in [1.807, 2.05) is 18.2 Å². The quantitative estimate of drug-likeness (QED) is 0.566. The number of nitrogens with zero attached hydrogens (tertiary/aromatic N) is 2. The first-order valence-corrected chi connectivity index (χ1v) is 7.11. The third-order valence-corrected chi connectivity index (χ3v) is 3.97. The van der Waals surface area contributed by atoms with Crippen LogP contribution >= 0.6 is 27.5 Å². The molecule has 20 heavy (non-hydrogen) atoms. The van der Waals surface area contributed by atoms with E-state index in [-0.39, 0.29) is 5.82 Å². The van der Waals surface area contributed by atoms with Gasteiger partial charge in [-0.2, -0.15) is 0 Å². The highest BCUT2D eigenvalue weighted by molar-refractivity contribution is 9.10. The molecular weight excluding hydrogens is 343 g/mol. The van der Waals surface area contributed by atoms with Crippen LogP contribution in [0.3, 0.4) is 0 Å². The lowest BCUT2D eigenvalue weighted by Crippen LogP contribution is -1.94. The fourth-order valence-corrected chi connectivity index (χ4v) is 2.68.